The zero-order chi connectivity index (χ0) is 18.7. The van der Waals surface area contributed by atoms with E-state index in [9.17, 15) is 24.0 Å². The second-order valence-corrected chi connectivity index (χ2v) is 4.41. The molecule has 0 spiro atoms. The van der Waals surface area contributed by atoms with Crippen molar-refractivity contribution in [3.63, 3.8) is 0 Å². The van der Waals surface area contributed by atoms with E-state index in [-0.39, 0.29) is 13.1 Å². The maximum Gasteiger partial charge on any atom is 0.547 e. The summed E-state index contributed by atoms with van der Waals surface area (Å²) in [4.78, 5) is 62.8. The van der Waals surface area contributed by atoms with E-state index in [2.05, 4.69) is 9.78 Å². The van der Waals surface area contributed by atoms with Crippen LogP contribution < -0.4 is 0 Å². The van der Waals surface area contributed by atoms with Crippen molar-refractivity contribution in [3.8, 4) is 0 Å². The molecule has 13 heteroatoms. The lowest BCUT2D eigenvalue weighted by atomic mass is 10.4. The van der Waals surface area contributed by atoms with Gasteiger partial charge in [0.05, 0.1) is 19.6 Å². The fourth-order valence-electron chi connectivity index (χ4n) is 1.58. The second-order valence-electron chi connectivity index (χ2n) is 4.41. The minimum absolute atomic E-state index is 0.168. The first-order chi connectivity index (χ1) is 11.1. The molecule has 0 aliphatic carbocycles. The number of aliphatic carboxylic acids is 3. The standard InChI is InChI=1S/C11H16N2O11/c14-7(15)3-12(4-8(16)17)1-2-13(5-9(18)19)6-10(20)23-24-11(21)22/h1-6H2,(H,14,15)(H,16,17)(H,18,19)(H,21,22). The lowest BCUT2D eigenvalue weighted by Gasteiger charge is -2.23. The summed E-state index contributed by atoms with van der Waals surface area (Å²) in [5.74, 6) is -5.07. The molecular formula is C11H16N2O11. The Kier molecular flexibility index (Phi) is 9.43. The Labute approximate surface area is 134 Å². The molecular weight excluding hydrogens is 336 g/mol. The largest absolute Gasteiger partial charge is 0.547 e. The summed E-state index contributed by atoms with van der Waals surface area (Å²) in [7, 11) is 0. The van der Waals surface area contributed by atoms with E-state index in [0.29, 0.717) is 0 Å². The van der Waals surface area contributed by atoms with Gasteiger partial charge in [0.1, 0.15) is 6.54 Å². The first kappa shape index (κ1) is 21.1. The Morgan fingerprint density at radius 1 is 0.625 bits per heavy atom. The third-order valence-corrected chi connectivity index (χ3v) is 2.37. The average molecular weight is 352 g/mol. The van der Waals surface area contributed by atoms with Crippen molar-refractivity contribution < 1.29 is 54.2 Å². The van der Waals surface area contributed by atoms with E-state index in [1.165, 1.54) is 0 Å². The van der Waals surface area contributed by atoms with Gasteiger partial charge in [-0.2, -0.15) is 0 Å². The Morgan fingerprint density at radius 2 is 1.00 bits per heavy atom. The summed E-state index contributed by atoms with van der Waals surface area (Å²) in [5, 5.41) is 34.3. The predicted molar refractivity (Wildman–Crippen MR) is 71.0 cm³/mol. The summed E-state index contributed by atoms with van der Waals surface area (Å²) < 4.78 is 0. The van der Waals surface area contributed by atoms with E-state index in [4.69, 9.17) is 20.4 Å². The molecule has 0 saturated heterocycles. The van der Waals surface area contributed by atoms with E-state index < -0.39 is 56.2 Å². The minimum Gasteiger partial charge on any atom is -0.480 e. The van der Waals surface area contributed by atoms with Gasteiger partial charge in [0, 0.05) is 13.1 Å². The molecule has 0 rings (SSSR count). The van der Waals surface area contributed by atoms with Crippen molar-refractivity contribution in [3.05, 3.63) is 0 Å². The molecule has 24 heavy (non-hydrogen) atoms. The number of hydrogen-bond donors (Lipinski definition) is 4. The van der Waals surface area contributed by atoms with Crippen LogP contribution in [-0.2, 0) is 29.0 Å². The number of hydrogen-bond acceptors (Lipinski definition) is 9. The molecule has 0 aliphatic rings. The van der Waals surface area contributed by atoms with Crippen LogP contribution in [0.3, 0.4) is 0 Å². The highest BCUT2D eigenvalue weighted by molar-refractivity contribution is 5.74. The van der Waals surface area contributed by atoms with Crippen LogP contribution in [0, 0.1) is 0 Å². The fourth-order valence-corrected chi connectivity index (χ4v) is 1.58. The molecule has 136 valence electrons. The van der Waals surface area contributed by atoms with Gasteiger partial charge >= 0.3 is 30.0 Å². The van der Waals surface area contributed by atoms with Crippen LogP contribution in [0.5, 0.6) is 0 Å². The number of carboxylic acids is 3. The Morgan fingerprint density at radius 3 is 1.33 bits per heavy atom. The smallest absolute Gasteiger partial charge is 0.480 e. The number of carbonyl (C=O) groups is 5. The van der Waals surface area contributed by atoms with Gasteiger partial charge in [-0.05, 0) is 0 Å². The molecule has 0 saturated carbocycles. The first-order valence-electron chi connectivity index (χ1n) is 6.30. The minimum atomic E-state index is -1.87. The normalized spacial score (nSPS) is 10.4. The molecule has 0 aromatic heterocycles. The van der Waals surface area contributed by atoms with Crippen molar-refractivity contribution in [1.82, 2.24) is 9.80 Å². The van der Waals surface area contributed by atoms with Gasteiger partial charge < -0.3 is 20.4 Å². The van der Waals surface area contributed by atoms with E-state index >= 15 is 0 Å². The molecule has 0 unspecified atom stereocenters. The zero-order valence-corrected chi connectivity index (χ0v) is 12.3. The molecule has 0 heterocycles. The van der Waals surface area contributed by atoms with Crippen LogP contribution in [0.2, 0.25) is 0 Å². The number of carboxylic acid groups (broad SMARTS) is 4. The third-order valence-electron chi connectivity index (χ3n) is 2.37. The monoisotopic (exact) mass is 352 g/mol. The van der Waals surface area contributed by atoms with E-state index in [0.717, 1.165) is 9.80 Å². The van der Waals surface area contributed by atoms with Gasteiger partial charge in [-0.15, -0.1) is 0 Å². The van der Waals surface area contributed by atoms with Gasteiger partial charge in [-0.1, -0.05) is 0 Å². The summed E-state index contributed by atoms with van der Waals surface area (Å²) in [6.07, 6.45) is -1.87. The summed E-state index contributed by atoms with van der Waals surface area (Å²) >= 11 is 0. The van der Waals surface area contributed by atoms with Crippen LogP contribution in [0.4, 0.5) is 4.79 Å². The quantitative estimate of drug-likeness (QED) is 0.236. The molecule has 4 N–H and O–H groups in total. The van der Waals surface area contributed by atoms with E-state index in [1.807, 2.05) is 0 Å². The average Bonchev–Trinajstić information content (AvgIpc) is 2.40. The van der Waals surface area contributed by atoms with Crippen LogP contribution in [-0.4, -0.2) is 99.5 Å². The maximum atomic E-state index is 11.3. The lowest BCUT2D eigenvalue weighted by molar-refractivity contribution is -0.241. The van der Waals surface area contributed by atoms with Gasteiger partial charge in [-0.3, -0.25) is 24.2 Å². The molecule has 13 nitrogen and oxygen atoms in total. The summed E-state index contributed by atoms with van der Waals surface area (Å²) in [6.45, 7) is -2.85. The molecule has 0 atom stereocenters. The SMILES string of the molecule is O=C(O)CN(CCN(CC(=O)O)CC(=O)OOC(=O)O)CC(=O)O. The van der Waals surface area contributed by atoms with Gasteiger partial charge in [0.2, 0.25) is 0 Å². The van der Waals surface area contributed by atoms with Crippen LogP contribution in [0.15, 0.2) is 0 Å². The highest BCUT2D eigenvalue weighted by Crippen LogP contribution is 1.96. The first-order valence-corrected chi connectivity index (χ1v) is 6.30. The van der Waals surface area contributed by atoms with Crippen LogP contribution in [0.1, 0.15) is 0 Å². The summed E-state index contributed by atoms with van der Waals surface area (Å²) in [6, 6.07) is 0. The number of nitrogens with zero attached hydrogens (tertiary/aromatic N) is 2. The number of rotatable bonds is 11. The highest BCUT2D eigenvalue weighted by Gasteiger charge is 2.20. The molecule has 0 fully saturated rings. The zero-order valence-electron chi connectivity index (χ0n) is 12.3. The summed E-state index contributed by atoms with van der Waals surface area (Å²) in [5.41, 5.74) is 0. The van der Waals surface area contributed by atoms with Crippen molar-refractivity contribution in [2.75, 3.05) is 39.3 Å². The maximum absolute atomic E-state index is 11.3. The van der Waals surface area contributed by atoms with Crippen LogP contribution >= 0.6 is 0 Å². The van der Waals surface area contributed by atoms with E-state index in [1.54, 1.807) is 0 Å². The molecule has 0 aromatic carbocycles. The van der Waals surface area contributed by atoms with Crippen molar-refractivity contribution in [2.24, 2.45) is 0 Å². The Bertz CT molecular complexity index is 476. The number of carbonyl (C=O) groups excluding carboxylic acids is 1. The fraction of sp³-hybridized carbons (Fsp3) is 0.545. The molecule has 0 aliphatic heterocycles. The van der Waals surface area contributed by atoms with Crippen LogP contribution in [0.25, 0.3) is 0 Å². The van der Waals surface area contributed by atoms with Gasteiger partial charge in [0.15, 0.2) is 0 Å². The molecule has 0 amide bonds. The molecule has 0 aromatic rings. The highest BCUT2D eigenvalue weighted by atomic mass is 17.2. The van der Waals surface area contributed by atoms with Crippen molar-refractivity contribution >= 4 is 30.0 Å². The third kappa shape index (κ3) is 11.7. The Balaban J connectivity index is 4.64. The van der Waals surface area contributed by atoms with Gasteiger partial charge in [-0.25, -0.2) is 19.4 Å². The second kappa shape index (κ2) is 10.7. The Hall–Kier alpha value is -2.93. The van der Waals surface area contributed by atoms with Crippen molar-refractivity contribution in [1.29, 1.82) is 0 Å². The van der Waals surface area contributed by atoms with Crippen molar-refractivity contribution in [2.45, 2.75) is 0 Å². The van der Waals surface area contributed by atoms with Gasteiger partial charge in [0.25, 0.3) is 0 Å². The topological polar surface area (TPSA) is 191 Å². The molecule has 0 radical (unpaired) electrons. The molecule has 0 bridgehead atoms. The predicted octanol–water partition coefficient (Wildman–Crippen LogP) is -2.00. The lowest BCUT2D eigenvalue weighted by Crippen LogP contribution is -2.43.